The molecule has 0 atom stereocenters. The summed E-state index contributed by atoms with van der Waals surface area (Å²) in [6, 6.07) is 9.01. The monoisotopic (exact) mass is 469 g/mol. The summed E-state index contributed by atoms with van der Waals surface area (Å²) in [7, 11) is -3.56. The van der Waals surface area contributed by atoms with Crippen LogP contribution >= 0.6 is 15.9 Å². The zero-order valence-corrected chi connectivity index (χ0v) is 17.0. The van der Waals surface area contributed by atoms with Crippen LogP contribution in [-0.4, -0.2) is 37.6 Å². The first-order chi connectivity index (χ1) is 13.3. The topological polar surface area (TPSA) is 95.6 Å². The Hall–Kier alpha value is -2.30. The fourth-order valence-corrected chi connectivity index (χ4v) is 4.83. The Kier molecular flexibility index (Phi) is 6.11. The Morgan fingerprint density at radius 2 is 1.57 bits per heavy atom. The third-order valence-corrected chi connectivity index (χ3v) is 6.85. The first kappa shape index (κ1) is 20.4. The van der Waals surface area contributed by atoms with Gasteiger partial charge in [-0.1, -0.05) is 0 Å². The van der Waals surface area contributed by atoms with E-state index in [-0.39, 0.29) is 20.5 Å². The lowest BCUT2D eigenvalue weighted by Gasteiger charge is -2.15. The number of nitrogens with one attached hydrogen (secondary N) is 2. The molecule has 2 N–H and O–H groups in total. The fraction of sp³-hybridized carbons (Fsp3) is 0.222. The van der Waals surface area contributed by atoms with Crippen molar-refractivity contribution in [3.63, 3.8) is 0 Å². The third kappa shape index (κ3) is 4.40. The molecule has 1 heterocycles. The van der Waals surface area contributed by atoms with Crippen LogP contribution in [0.25, 0.3) is 0 Å². The Labute approximate surface area is 170 Å². The summed E-state index contributed by atoms with van der Waals surface area (Å²) in [5.74, 6) is -1.75. The number of benzene rings is 2. The van der Waals surface area contributed by atoms with Gasteiger partial charge in [-0.3, -0.25) is 20.4 Å². The van der Waals surface area contributed by atoms with E-state index in [2.05, 4.69) is 26.8 Å². The molecule has 2 aromatic carbocycles. The Bertz CT molecular complexity index is 1010. The first-order valence-electron chi connectivity index (χ1n) is 8.45. The molecule has 2 amide bonds. The number of amides is 2. The van der Waals surface area contributed by atoms with Gasteiger partial charge in [-0.2, -0.15) is 4.31 Å². The van der Waals surface area contributed by atoms with E-state index in [9.17, 15) is 22.4 Å². The molecule has 1 fully saturated rings. The molecule has 0 radical (unpaired) electrons. The number of sulfonamides is 1. The number of halogens is 2. The zero-order valence-electron chi connectivity index (χ0n) is 14.6. The van der Waals surface area contributed by atoms with Crippen molar-refractivity contribution in [3.05, 3.63) is 63.9 Å². The van der Waals surface area contributed by atoms with Crippen LogP contribution in [0.15, 0.2) is 51.8 Å². The second kappa shape index (κ2) is 8.38. The van der Waals surface area contributed by atoms with Crippen LogP contribution in [0.2, 0.25) is 0 Å². The number of hydrogen-bond acceptors (Lipinski definition) is 4. The molecule has 0 saturated carbocycles. The van der Waals surface area contributed by atoms with Gasteiger partial charge in [0.2, 0.25) is 10.0 Å². The molecule has 28 heavy (non-hydrogen) atoms. The van der Waals surface area contributed by atoms with Gasteiger partial charge in [0.25, 0.3) is 11.8 Å². The molecular formula is C18H17BrFN3O4S. The molecule has 0 bridgehead atoms. The SMILES string of the molecule is O=C(NNC(=O)c1ccc(F)cc1Br)c1ccc(S(=O)(=O)N2CCCC2)cc1. The van der Waals surface area contributed by atoms with Crippen molar-refractivity contribution < 1.29 is 22.4 Å². The second-order valence-corrected chi connectivity index (χ2v) is 8.96. The number of nitrogens with zero attached hydrogens (tertiary/aromatic N) is 1. The Balaban J connectivity index is 1.64. The highest BCUT2D eigenvalue weighted by Gasteiger charge is 2.27. The Morgan fingerprint density at radius 1 is 0.964 bits per heavy atom. The van der Waals surface area contributed by atoms with Crippen LogP contribution < -0.4 is 10.9 Å². The summed E-state index contributed by atoms with van der Waals surface area (Å²) >= 11 is 3.08. The summed E-state index contributed by atoms with van der Waals surface area (Å²) in [6.45, 7) is 0.991. The Morgan fingerprint density at radius 3 is 2.18 bits per heavy atom. The molecule has 2 aromatic rings. The van der Waals surface area contributed by atoms with Crippen LogP contribution in [0.5, 0.6) is 0 Å². The van der Waals surface area contributed by atoms with E-state index in [4.69, 9.17) is 0 Å². The predicted octanol–water partition coefficient (Wildman–Crippen LogP) is 2.45. The minimum absolute atomic E-state index is 0.116. The van der Waals surface area contributed by atoms with Crippen molar-refractivity contribution in [2.75, 3.05) is 13.1 Å². The van der Waals surface area contributed by atoms with Crippen molar-refractivity contribution in [3.8, 4) is 0 Å². The maximum absolute atomic E-state index is 13.1. The molecule has 0 aromatic heterocycles. The summed E-state index contributed by atoms with van der Waals surface area (Å²) < 4.78 is 39.7. The van der Waals surface area contributed by atoms with Crippen LogP contribution in [-0.2, 0) is 10.0 Å². The first-order valence-corrected chi connectivity index (χ1v) is 10.7. The summed E-state index contributed by atoms with van der Waals surface area (Å²) in [5, 5.41) is 0. The standard InChI is InChI=1S/C18H17BrFN3O4S/c19-16-11-13(20)5-8-15(16)18(25)22-21-17(24)12-3-6-14(7-4-12)28(26,27)23-9-1-2-10-23/h3-8,11H,1-2,9-10H2,(H,21,24)(H,22,25). The molecule has 148 valence electrons. The molecule has 7 nitrogen and oxygen atoms in total. The van der Waals surface area contributed by atoms with Crippen molar-refractivity contribution in [1.29, 1.82) is 0 Å². The molecule has 0 spiro atoms. The minimum Gasteiger partial charge on any atom is -0.267 e. The van der Waals surface area contributed by atoms with Crippen LogP contribution in [0, 0.1) is 5.82 Å². The maximum atomic E-state index is 13.1. The van der Waals surface area contributed by atoms with Crippen molar-refractivity contribution >= 4 is 37.8 Å². The largest absolute Gasteiger partial charge is 0.270 e. The lowest BCUT2D eigenvalue weighted by atomic mass is 10.2. The number of hydrazine groups is 1. The van der Waals surface area contributed by atoms with Gasteiger partial charge in [-0.15, -0.1) is 0 Å². The second-order valence-electron chi connectivity index (χ2n) is 6.17. The van der Waals surface area contributed by atoms with Gasteiger partial charge >= 0.3 is 0 Å². The smallest absolute Gasteiger partial charge is 0.267 e. The molecule has 0 aliphatic carbocycles. The van der Waals surface area contributed by atoms with Gasteiger partial charge in [0, 0.05) is 23.1 Å². The molecule has 1 aliphatic rings. The highest BCUT2D eigenvalue weighted by Crippen LogP contribution is 2.21. The highest BCUT2D eigenvalue weighted by atomic mass is 79.9. The number of carbonyl (C=O) groups excluding carboxylic acids is 2. The summed E-state index contributed by atoms with van der Waals surface area (Å²) in [6.07, 6.45) is 1.67. The molecule has 1 saturated heterocycles. The van der Waals surface area contributed by atoms with Crippen LogP contribution in [0.4, 0.5) is 4.39 Å². The number of rotatable bonds is 4. The van der Waals surface area contributed by atoms with E-state index in [1.807, 2.05) is 0 Å². The zero-order chi connectivity index (χ0) is 20.3. The third-order valence-electron chi connectivity index (χ3n) is 4.28. The van der Waals surface area contributed by atoms with E-state index >= 15 is 0 Å². The van der Waals surface area contributed by atoms with Gasteiger partial charge < -0.3 is 0 Å². The van der Waals surface area contributed by atoms with E-state index in [1.165, 1.54) is 34.6 Å². The average molecular weight is 470 g/mol. The fourth-order valence-electron chi connectivity index (χ4n) is 2.78. The number of hydrogen-bond donors (Lipinski definition) is 2. The molecular weight excluding hydrogens is 453 g/mol. The predicted molar refractivity (Wildman–Crippen MR) is 103 cm³/mol. The lowest BCUT2D eigenvalue weighted by Crippen LogP contribution is -2.41. The molecule has 1 aliphatic heterocycles. The normalized spacial score (nSPS) is 14.6. The van der Waals surface area contributed by atoms with Crippen molar-refractivity contribution in [1.82, 2.24) is 15.2 Å². The maximum Gasteiger partial charge on any atom is 0.270 e. The van der Waals surface area contributed by atoms with E-state index in [0.29, 0.717) is 13.1 Å². The van der Waals surface area contributed by atoms with E-state index < -0.39 is 27.7 Å². The van der Waals surface area contributed by atoms with Gasteiger partial charge in [-0.25, -0.2) is 12.8 Å². The van der Waals surface area contributed by atoms with Crippen LogP contribution in [0.3, 0.4) is 0 Å². The molecule has 3 rings (SSSR count). The van der Waals surface area contributed by atoms with Gasteiger partial charge in [0.1, 0.15) is 5.82 Å². The van der Waals surface area contributed by atoms with Crippen LogP contribution in [0.1, 0.15) is 33.6 Å². The number of carbonyl (C=O) groups is 2. The molecule has 10 heteroatoms. The van der Waals surface area contributed by atoms with E-state index in [1.54, 1.807) is 0 Å². The highest BCUT2D eigenvalue weighted by molar-refractivity contribution is 9.10. The molecule has 0 unspecified atom stereocenters. The summed E-state index contributed by atoms with van der Waals surface area (Å²) in [4.78, 5) is 24.4. The average Bonchev–Trinajstić information content (AvgIpc) is 3.21. The van der Waals surface area contributed by atoms with Gasteiger partial charge in [0.15, 0.2) is 0 Å². The van der Waals surface area contributed by atoms with Gasteiger partial charge in [0.05, 0.1) is 10.5 Å². The quantitative estimate of drug-likeness (QED) is 0.672. The van der Waals surface area contributed by atoms with Crippen molar-refractivity contribution in [2.45, 2.75) is 17.7 Å². The lowest BCUT2D eigenvalue weighted by molar-refractivity contribution is 0.0846. The van der Waals surface area contributed by atoms with E-state index in [0.717, 1.165) is 25.0 Å². The van der Waals surface area contributed by atoms with Gasteiger partial charge in [-0.05, 0) is 71.2 Å². The minimum atomic E-state index is -3.56. The summed E-state index contributed by atoms with van der Waals surface area (Å²) in [5.41, 5.74) is 4.80. The van der Waals surface area contributed by atoms with Crippen molar-refractivity contribution in [2.24, 2.45) is 0 Å².